The summed E-state index contributed by atoms with van der Waals surface area (Å²) in [5.74, 6) is -2.07. The molecule has 0 aliphatic carbocycles. The molecule has 73 heavy (non-hydrogen) atoms. The minimum Gasteiger partial charge on any atom is -0.477 e. The molecule has 0 aromatic carbocycles. The number of carbonyl (C=O) groups excluding carboxylic acids is 2. The third-order valence-corrected chi connectivity index (χ3v) is 11.4. The molecular formula is C64H104NO8+. The molecule has 0 saturated carbocycles. The van der Waals surface area contributed by atoms with Crippen LogP contribution in [0.5, 0.6) is 0 Å². The number of allylic oxidation sites excluding steroid dienone is 22. The fourth-order valence-electron chi connectivity index (χ4n) is 7.03. The number of carbonyl (C=O) groups is 3. The van der Waals surface area contributed by atoms with Gasteiger partial charge in [-0.05, 0) is 116 Å². The summed E-state index contributed by atoms with van der Waals surface area (Å²) in [6, 6.07) is 0. The Kier molecular flexibility index (Phi) is 50.4. The highest BCUT2D eigenvalue weighted by Gasteiger charge is 2.25. The molecule has 0 heterocycles. The minimum atomic E-state index is -1.53. The first kappa shape index (κ1) is 68.4. The Morgan fingerprint density at radius 1 is 0.425 bits per heavy atom. The zero-order chi connectivity index (χ0) is 53.4. The Hall–Kier alpha value is -4.57. The SMILES string of the molecule is CC/C=C\C/C=C\C/C=C\C/C=C\C/C=C\C/C=C\C/C=C\C/C=C\C/C=C\C/C=C\CCCCCCC(=O)OC(COC(=O)CCCCCCC/C=C\CCCCCC)COC(OCC[N+](C)(C)C)C(=O)O. The highest BCUT2D eigenvalue weighted by Crippen LogP contribution is 2.13. The van der Waals surface area contributed by atoms with Gasteiger partial charge < -0.3 is 28.5 Å². The van der Waals surface area contributed by atoms with Crippen molar-refractivity contribution in [3.63, 3.8) is 0 Å². The fourth-order valence-corrected chi connectivity index (χ4v) is 7.03. The van der Waals surface area contributed by atoms with Crippen LogP contribution >= 0.6 is 0 Å². The molecule has 0 amide bonds. The lowest BCUT2D eigenvalue weighted by Crippen LogP contribution is -2.40. The lowest BCUT2D eigenvalue weighted by atomic mass is 10.1. The van der Waals surface area contributed by atoms with Gasteiger partial charge in [0.1, 0.15) is 13.2 Å². The number of esters is 2. The summed E-state index contributed by atoms with van der Waals surface area (Å²) in [5, 5.41) is 9.68. The molecule has 2 atom stereocenters. The van der Waals surface area contributed by atoms with Crippen LogP contribution in [0, 0.1) is 0 Å². The minimum absolute atomic E-state index is 0.174. The van der Waals surface area contributed by atoms with E-state index < -0.39 is 24.3 Å². The number of aliphatic carboxylic acids is 1. The second-order valence-corrected chi connectivity index (χ2v) is 19.5. The van der Waals surface area contributed by atoms with E-state index in [1.807, 2.05) is 21.1 Å². The Balaban J connectivity index is 4.31. The van der Waals surface area contributed by atoms with Crippen molar-refractivity contribution in [2.75, 3.05) is 47.5 Å². The quantitative estimate of drug-likeness (QED) is 0.0211. The van der Waals surface area contributed by atoms with E-state index in [2.05, 4.69) is 148 Å². The van der Waals surface area contributed by atoms with E-state index in [1.54, 1.807) is 0 Å². The van der Waals surface area contributed by atoms with E-state index in [0.717, 1.165) is 128 Å². The summed E-state index contributed by atoms with van der Waals surface area (Å²) in [5.41, 5.74) is 0. The normalized spacial score (nSPS) is 13.8. The van der Waals surface area contributed by atoms with Gasteiger partial charge >= 0.3 is 17.9 Å². The first-order chi connectivity index (χ1) is 35.6. The van der Waals surface area contributed by atoms with Crippen molar-refractivity contribution in [2.45, 2.75) is 206 Å². The topological polar surface area (TPSA) is 108 Å². The second kappa shape index (κ2) is 53.7. The molecule has 0 aromatic rings. The van der Waals surface area contributed by atoms with E-state index in [0.29, 0.717) is 17.4 Å². The third kappa shape index (κ3) is 55.0. The first-order valence-electron chi connectivity index (χ1n) is 28.3. The second-order valence-electron chi connectivity index (χ2n) is 19.5. The van der Waals surface area contributed by atoms with Crippen LogP contribution < -0.4 is 0 Å². The lowest BCUT2D eigenvalue weighted by Gasteiger charge is -2.25. The fraction of sp³-hybridized carbons (Fsp3) is 0.609. The van der Waals surface area contributed by atoms with E-state index >= 15 is 0 Å². The average molecular weight is 1020 g/mol. The summed E-state index contributed by atoms with van der Waals surface area (Å²) in [6.45, 7) is 4.67. The molecule has 0 saturated heterocycles. The molecule has 0 radical (unpaired) electrons. The maximum atomic E-state index is 12.8. The molecule has 1 N–H and O–H groups in total. The third-order valence-electron chi connectivity index (χ3n) is 11.4. The number of rotatable bonds is 50. The number of carboxylic acid groups (broad SMARTS) is 1. The van der Waals surface area contributed by atoms with Crippen LogP contribution in [0.2, 0.25) is 0 Å². The van der Waals surface area contributed by atoms with Gasteiger partial charge in [0.2, 0.25) is 0 Å². The lowest BCUT2D eigenvalue weighted by molar-refractivity contribution is -0.870. The number of nitrogens with zero attached hydrogens (tertiary/aromatic N) is 1. The number of hydrogen-bond acceptors (Lipinski definition) is 7. The number of likely N-dealkylation sites (N-methyl/N-ethyl adjacent to an activating group) is 1. The Labute approximate surface area is 446 Å². The number of quaternary nitrogens is 1. The van der Waals surface area contributed by atoms with Gasteiger partial charge in [-0.3, -0.25) is 9.59 Å². The molecule has 0 bridgehead atoms. The number of carboxylic acids is 1. The summed E-state index contributed by atoms with van der Waals surface area (Å²) in [6.07, 6.45) is 73.9. The molecule has 0 aromatic heterocycles. The number of ether oxygens (including phenoxy) is 4. The van der Waals surface area contributed by atoms with Crippen molar-refractivity contribution in [1.29, 1.82) is 0 Å². The van der Waals surface area contributed by atoms with Gasteiger partial charge in [0.25, 0.3) is 6.29 Å². The summed E-state index contributed by atoms with van der Waals surface area (Å²) in [7, 11) is 5.94. The van der Waals surface area contributed by atoms with Crippen LogP contribution in [0.3, 0.4) is 0 Å². The predicted octanol–water partition coefficient (Wildman–Crippen LogP) is 16.7. The molecular weight excluding hydrogens is 911 g/mol. The molecule has 0 aliphatic rings. The number of unbranched alkanes of at least 4 members (excludes halogenated alkanes) is 13. The van der Waals surface area contributed by atoms with Crippen molar-refractivity contribution in [2.24, 2.45) is 0 Å². The standard InChI is InChI=1S/C64H103NO8/c1-6-8-10-12-14-16-18-20-21-22-23-24-25-26-27-28-29-30-31-32-33-34-35-36-37-38-39-40-41-43-45-47-49-51-53-55-62(67)73-60(59-72-64(63(68)69)70-57-56-65(3,4)5)58-71-61(66)54-52-50-48-46-44-42-19-17-15-13-11-9-7-2/h8,10,14,16-17,19-21,23-24,26-27,29-30,32-33,35-36,38-39,41,43,60,64H,6-7,9,11-13,15,18,22,25,28,31,34,37,40,42,44-59H2,1-5H3/p+1/b10-8-,16-14-,19-17-,21-20-,24-23-,27-26-,30-29-,33-32-,36-35-,39-38-,43-41-. The van der Waals surface area contributed by atoms with E-state index in [-0.39, 0.29) is 38.6 Å². The van der Waals surface area contributed by atoms with Crippen molar-refractivity contribution in [3.05, 3.63) is 134 Å². The zero-order valence-corrected chi connectivity index (χ0v) is 46.7. The number of hydrogen-bond donors (Lipinski definition) is 1. The Morgan fingerprint density at radius 3 is 1.18 bits per heavy atom. The van der Waals surface area contributed by atoms with E-state index in [9.17, 15) is 19.5 Å². The predicted molar refractivity (Wildman–Crippen MR) is 308 cm³/mol. The van der Waals surface area contributed by atoms with Crippen molar-refractivity contribution < 1.29 is 42.9 Å². The van der Waals surface area contributed by atoms with Crippen molar-refractivity contribution >= 4 is 17.9 Å². The Bertz CT molecular complexity index is 1650. The monoisotopic (exact) mass is 1010 g/mol. The first-order valence-corrected chi connectivity index (χ1v) is 28.3. The van der Waals surface area contributed by atoms with Gasteiger partial charge in [-0.15, -0.1) is 0 Å². The van der Waals surface area contributed by atoms with Crippen LogP contribution in [-0.2, 0) is 33.3 Å². The molecule has 0 aliphatic heterocycles. The smallest absolute Gasteiger partial charge is 0.361 e. The van der Waals surface area contributed by atoms with Crippen LogP contribution in [-0.4, -0.2) is 87.4 Å². The highest BCUT2D eigenvalue weighted by atomic mass is 16.7. The highest BCUT2D eigenvalue weighted by molar-refractivity contribution is 5.71. The van der Waals surface area contributed by atoms with Gasteiger partial charge in [0.15, 0.2) is 6.10 Å². The largest absolute Gasteiger partial charge is 0.477 e. The molecule has 0 fully saturated rings. The van der Waals surface area contributed by atoms with Gasteiger partial charge in [-0.1, -0.05) is 199 Å². The Morgan fingerprint density at radius 2 is 0.781 bits per heavy atom. The summed E-state index contributed by atoms with van der Waals surface area (Å²) in [4.78, 5) is 37.3. The van der Waals surface area contributed by atoms with Gasteiger partial charge in [-0.25, -0.2) is 4.79 Å². The van der Waals surface area contributed by atoms with Crippen LogP contribution in [0.4, 0.5) is 0 Å². The molecule has 9 heteroatoms. The molecule has 9 nitrogen and oxygen atoms in total. The van der Waals surface area contributed by atoms with E-state index in [4.69, 9.17) is 18.9 Å². The van der Waals surface area contributed by atoms with E-state index in [1.165, 1.54) is 32.1 Å². The van der Waals surface area contributed by atoms with Gasteiger partial charge in [0, 0.05) is 12.8 Å². The average Bonchev–Trinajstić information content (AvgIpc) is 3.36. The summed E-state index contributed by atoms with van der Waals surface area (Å²) < 4.78 is 22.8. The van der Waals surface area contributed by atoms with Gasteiger partial charge in [-0.2, -0.15) is 0 Å². The van der Waals surface area contributed by atoms with Crippen molar-refractivity contribution in [1.82, 2.24) is 0 Å². The maximum absolute atomic E-state index is 12.8. The van der Waals surface area contributed by atoms with Gasteiger partial charge in [0.05, 0.1) is 34.4 Å². The molecule has 0 rings (SSSR count). The summed E-state index contributed by atoms with van der Waals surface area (Å²) >= 11 is 0. The molecule has 412 valence electrons. The zero-order valence-electron chi connectivity index (χ0n) is 46.7. The maximum Gasteiger partial charge on any atom is 0.361 e. The van der Waals surface area contributed by atoms with Crippen LogP contribution in [0.15, 0.2) is 134 Å². The van der Waals surface area contributed by atoms with Crippen LogP contribution in [0.25, 0.3) is 0 Å². The molecule has 0 spiro atoms. The van der Waals surface area contributed by atoms with Crippen molar-refractivity contribution in [3.8, 4) is 0 Å². The van der Waals surface area contributed by atoms with Crippen LogP contribution in [0.1, 0.15) is 194 Å². The molecule has 2 unspecified atom stereocenters.